The van der Waals surface area contributed by atoms with Crippen molar-refractivity contribution in [3.63, 3.8) is 0 Å². The molecule has 0 spiro atoms. The first-order valence-corrected chi connectivity index (χ1v) is 5.32. The molecule has 82 valence electrons. The number of hydrogen-bond acceptors (Lipinski definition) is 3. The van der Waals surface area contributed by atoms with Crippen molar-refractivity contribution in [1.82, 2.24) is 10.6 Å². The highest BCUT2D eigenvalue weighted by Crippen LogP contribution is 2.05. The molecular formula is C10H20N2O2. The van der Waals surface area contributed by atoms with Gasteiger partial charge < -0.3 is 15.4 Å². The highest BCUT2D eigenvalue weighted by molar-refractivity contribution is 5.77. The lowest BCUT2D eigenvalue weighted by molar-refractivity contribution is -0.125. The predicted octanol–water partition coefficient (Wildman–Crippen LogP) is 0.281. The maximum Gasteiger partial charge on any atom is 0.246 e. The molecule has 0 saturated carbocycles. The van der Waals surface area contributed by atoms with Gasteiger partial charge in [-0.15, -0.1) is 0 Å². The van der Waals surface area contributed by atoms with E-state index < -0.39 is 0 Å². The van der Waals surface area contributed by atoms with Gasteiger partial charge >= 0.3 is 0 Å². The van der Waals surface area contributed by atoms with E-state index >= 15 is 0 Å². The molecule has 4 heteroatoms. The Morgan fingerprint density at radius 1 is 1.50 bits per heavy atom. The minimum absolute atomic E-state index is 0.0140. The standard InChI is InChI=1S/C10H20N2O2/c1-14-8-10(13)12-9-5-3-2-4-6-11-7-9/h9,11H,2-8H2,1H3,(H,12,13)/t9-/m1/s1. The molecule has 0 radical (unpaired) electrons. The zero-order valence-electron chi connectivity index (χ0n) is 8.84. The van der Waals surface area contributed by atoms with Crippen LogP contribution >= 0.6 is 0 Å². The first-order chi connectivity index (χ1) is 6.83. The fourth-order valence-corrected chi connectivity index (χ4v) is 1.72. The fourth-order valence-electron chi connectivity index (χ4n) is 1.72. The summed E-state index contributed by atoms with van der Waals surface area (Å²) in [6.45, 7) is 2.11. The normalized spacial score (nSPS) is 23.6. The molecule has 1 fully saturated rings. The molecule has 1 heterocycles. The van der Waals surface area contributed by atoms with Crippen LogP contribution in [0.25, 0.3) is 0 Å². The van der Waals surface area contributed by atoms with E-state index in [-0.39, 0.29) is 18.6 Å². The summed E-state index contributed by atoms with van der Waals surface area (Å²) in [5, 5.41) is 6.29. The van der Waals surface area contributed by atoms with Gasteiger partial charge in [0.05, 0.1) is 0 Å². The number of carbonyl (C=O) groups is 1. The monoisotopic (exact) mass is 200 g/mol. The number of carbonyl (C=O) groups excluding carboxylic acids is 1. The van der Waals surface area contributed by atoms with Crippen LogP contribution < -0.4 is 10.6 Å². The van der Waals surface area contributed by atoms with E-state index in [4.69, 9.17) is 4.74 Å². The van der Waals surface area contributed by atoms with Crippen molar-refractivity contribution < 1.29 is 9.53 Å². The summed E-state index contributed by atoms with van der Waals surface area (Å²) in [7, 11) is 1.54. The Morgan fingerprint density at radius 2 is 2.36 bits per heavy atom. The van der Waals surface area contributed by atoms with E-state index in [1.54, 1.807) is 0 Å². The van der Waals surface area contributed by atoms with Gasteiger partial charge in [-0.05, 0) is 19.4 Å². The van der Waals surface area contributed by atoms with Gasteiger partial charge in [0, 0.05) is 19.7 Å². The molecule has 1 aliphatic heterocycles. The zero-order chi connectivity index (χ0) is 10.2. The Hall–Kier alpha value is -0.610. The van der Waals surface area contributed by atoms with E-state index in [1.807, 2.05) is 0 Å². The molecule has 14 heavy (non-hydrogen) atoms. The largest absolute Gasteiger partial charge is 0.375 e. The van der Waals surface area contributed by atoms with Crippen molar-refractivity contribution in [2.45, 2.75) is 31.7 Å². The maximum atomic E-state index is 11.2. The summed E-state index contributed by atoms with van der Waals surface area (Å²) >= 11 is 0. The van der Waals surface area contributed by atoms with Crippen molar-refractivity contribution >= 4 is 5.91 Å². The van der Waals surface area contributed by atoms with Crippen LogP contribution in [0.3, 0.4) is 0 Å². The summed E-state index contributed by atoms with van der Waals surface area (Å²) in [5.41, 5.74) is 0. The van der Waals surface area contributed by atoms with E-state index in [0.29, 0.717) is 0 Å². The smallest absolute Gasteiger partial charge is 0.246 e. The minimum Gasteiger partial charge on any atom is -0.375 e. The second kappa shape index (κ2) is 6.79. The van der Waals surface area contributed by atoms with Gasteiger partial charge in [0.2, 0.25) is 5.91 Å². The van der Waals surface area contributed by atoms with Crippen molar-refractivity contribution in [2.24, 2.45) is 0 Å². The summed E-state index contributed by atoms with van der Waals surface area (Å²) in [6.07, 6.45) is 4.78. The third-order valence-corrected chi connectivity index (χ3v) is 2.44. The van der Waals surface area contributed by atoms with Crippen LogP contribution in [0.1, 0.15) is 25.7 Å². The molecule has 0 aromatic rings. The molecule has 1 aliphatic rings. The summed E-state index contributed by atoms with van der Waals surface area (Å²) in [5.74, 6) is -0.0140. The van der Waals surface area contributed by atoms with Crippen LogP contribution in [0.5, 0.6) is 0 Å². The zero-order valence-corrected chi connectivity index (χ0v) is 8.84. The molecule has 4 nitrogen and oxygen atoms in total. The van der Waals surface area contributed by atoms with Crippen molar-refractivity contribution in [2.75, 3.05) is 26.8 Å². The van der Waals surface area contributed by atoms with Gasteiger partial charge in [0.25, 0.3) is 0 Å². The first-order valence-electron chi connectivity index (χ1n) is 5.32. The molecular weight excluding hydrogens is 180 g/mol. The number of amides is 1. The first kappa shape index (κ1) is 11.5. The van der Waals surface area contributed by atoms with Gasteiger partial charge in [-0.2, -0.15) is 0 Å². The van der Waals surface area contributed by atoms with Gasteiger partial charge in [0.15, 0.2) is 0 Å². The second-order valence-electron chi connectivity index (χ2n) is 3.75. The Balaban J connectivity index is 2.22. The molecule has 0 aromatic heterocycles. The van der Waals surface area contributed by atoms with E-state index in [2.05, 4.69) is 10.6 Å². The van der Waals surface area contributed by atoms with Crippen LogP contribution in [0, 0.1) is 0 Å². The topological polar surface area (TPSA) is 50.4 Å². The van der Waals surface area contributed by atoms with Gasteiger partial charge in [0.1, 0.15) is 6.61 Å². The second-order valence-corrected chi connectivity index (χ2v) is 3.75. The fraction of sp³-hybridized carbons (Fsp3) is 0.900. The van der Waals surface area contributed by atoms with Crippen LogP contribution in [0.4, 0.5) is 0 Å². The minimum atomic E-state index is -0.0140. The van der Waals surface area contributed by atoms with Crippen LogP contribution in [-0.4, -0.2) is 38.8 Å². The third kappa shape index (κ3) is 4.58. The molecule has 0 unspecified atom stereocenters. The van der Waals surface area contributed by atoms with Gasteiger partial charge in [-0.3, -0.25) is 4.79 Å². The molecule has 0 bridgehead atoms. The molecule has 1 amide bonds. The molecule has 1 rings (SSSR count). The average molecular weight is 200 g/mol. The van der Waals surface area contributed by atoms with Crippen LogP contribution in [-0.2, 0) is 9.53 Å². The number of methoxy groups -OCH3 is 1. The van der Waals surface area contributed by atoms with Crippen molar-refractivity contribution in [3.05, 3.63) is 0 Å². The Kier molecular flexibility index (Phi) is 5.56. The average Bonchev–Trinajstić information content (AvgIpc) is 2.10. The molecule has 0 aromatic carbocycles. The Labute approximate surface area is 85.4 Å². The molecule has 1 atom stereocenters. The van der Waals surface area contributed by atoms with Gasteiger partial charge in [-0.1, -0.05) is 12.8 Å². The van der Waals surface area contributed by atoms with E-state index in [1.165, 1.54) is 26.4 Å². The van der Waals surface area contributed by atoms with E-state index in [9.17, 15) is 4.79 Å². The number of nitrogens with one attached hydrogen (secondary N) is 2. The van der Waals surface area contributed by atoms with Gasteiger partial charge in [-0.25, -0.2) is 0 Å². The Morgan fingerprint density at radius 3 is 3.14 bits per heavy atom. The van der Waals surface area contributed by atoms with E-state index in [0.717, 1.165) is 19.5 Å². The lowest BCUT2D eigenvalue weighted by atomic mass is 10.1. The highest BCUT2D eigenvalue weighted by Gasteiger charge is 2.12. The summed E-state index contributed by atoms with van der Waals surface area (Å²) in [6, 6.07) is 0.276. The predicted molar refractivity (Wildman–Crippen MR) is 55.1 cm³/mol. The lowest BCUT2D eigenvalue weighted by Crippen LogP contribution is -2.44. The van der Waals surface area contributed by atoms with Crippen molar-refractivity contribution in [1.29, 1.82) is 0 Å². The molecule has 1 saturated heterocycles. The number of rotatable bonds is 3. The maximum absolute atomic E-state index is 11.2. The molecule has 2 N–H and O–H groups in total. The van der Waals surface area contributed by atoms with Crippen molar-refractivity contribution in [3.8, 4) is 0 Å². The number of ether oxygens (including phenoxy) is 1. The highest BCUT2D eigenvalue weighted by atomic mass is 16.5. The SMILES string of the molecule is COCC(=O)N[C@@H]1CCCCCNC1. The number of hydrogen-bond donors (Lipinski definition) is 2. The Bertz CT molecular complexity index is 166. The quantitative estimate of drug-likeness (QED) is 0.688. The third-order valence-electron chi connectivity index (χ3n) is 2.44. The lowest BCUT2D eigenvalue weighted by Gasteiger charge is -2.21. The molecule has 0 aliphatic carbocycles. The van der Waals surface area contributed by atoms with Crippen LogP contribution in [0.2, 0.25) is 0 Å². The van der Waals surface area contributed by atoms with Crippen LogP contribution in [0.15, 0.2) is 0 Å². The summed E-state index contributed by atoms with van der Waals surface area (Å²) < 4.78 is 4.77. The summed E-state index contributed by atoms with van der Waals surface area (Å²) in [4.78, 5) is 11.2.